The van der Waals surface area contributed by atoms with Crippen molar-refractivity contribution in [3.8, 4) is 12.3 Å². The summed E-state index contributed by atoms with van der Waals surface area (Å²) in [5.74, 6) is 2.33. The van der Waals surface area contributed by atoms with Gasteiger partial charge in [0.15, 0.2) is 5.66 Å². The van der Waals surface area contributed by atoms with Crippen LogP contribution < -0.4 is 10.2 Å². The van der Waals surface area contributed by atoms with Gasteiger partial charge in [-0.2, -0.15) is 10.2 Å². The Bertz CT molecular complexity index is 729. The van der Waals surface area contributed by atoms with Crippen LogP contribution in [0.4, 0.5) is 5.69 Å². The van der Waals surface area contributed by atoms with Crippen LogP contribution in [0.25, 0.3) is 0 Å². The molecule has 0 aliphatic carbocycles. The summed E-state index contributed by atoms with van der Waals surface area (Å²) in [5, 5.41) is 10.7. The van der Waals surface area contributed by atoms with Gasteiger partial charge >= 0.3 is 0 Å². The highest BCUT2D eigenvalue weighted by Crippen LogP contribution is 2.37. The number of nitrogens with one attached hydrogen (secondary N) is 1. The van der Waals surface area contributed by atoms with Gasteiger partial charge in [-0.05, 0) is 24.5 Å². The minimum absolute atomic E-state index is 0.0127. The van der Waals surface area contributed by atoms with Gasteiger partial charge in [0.25, 0.3) is 0 Å². The summed E-state index contributed by atoms with van der Waals surface area (Å²) >= 11 is 0. The molecule has 3 rings (SSSR count). The number of para-hydroxylation sites is 1. The van der Waals surface area contributed by atoms with Gasteiger partial charge in [0, 0.05) is 37.9 Å². The molecule has 130 valence electrons. The molecule has 6 heteroatoms. The molecule has 2 heterocycles. The topological polar surface area (TPSA) is 74.1 Å². The van der Waals surface area contributed by atoms with E-state index >= 15 is 0 Å². The lowest BCUT2D eigenvalue weighted by atomic mass is 10.0. The van der Waals surface area contributed by atoms with E-state index in [9.17, 15) is 9.59 Å². The highest BCUT2D eigenvalue weighted by Gasteiger charge is 2.39. The molecule has 0 saturated heterocycles. The van der Waals surface area contributed by atoms with Crippen LogP contribution >= 0.6 is 0 Å². The Balaban J connectivity index is 1.45. The first-order chi connectivity index (χ1) is 12.1. The van der Waals surface area contributed by atoms with Gasteiger partial charge in [-0.25, -0.2) is 0 Å². The van der Waals surface area contributed by atoms with Crippen LogP contribution in [0.2, 0.25) is 0 Å². The molecule has 0 atom stereocenters. The molecule has 0 fully saturated rings. The number of fused-ring (bicyclic) bond motifs is 1. The third-order valence-corrected chi connectivity index (χ3v) is 4.65. The van der Waals surface area contributed by atoms with Gasteiger partial charge in [-0.15, -0.1) is 12.3 Å². The van der Waals surface area contributed by atoms with E-state index in [-0.39, 0.29) is 18.4 Å². The quantitative estimate of drug-likeness (QED) is 0.776. The minimum Gasteiger partial charge on any atom is -0.347 e. The summed E-state index contributed by atoms with van der Waals surface area (Å²) in [5.41, 5.74) is 1.68. The van der Waals surface area contributed by atoms with E-state index in [1.54, 1.807) is 4.90 Å². The Labute approximate surface area is 147 Å². The zero-order valence-corrected chi connectivity index (χ0v) is 14.2. The average Bonchev–Trinajstić information content (AvgIpc) is 3.42. The van der Waals surface area contributed by atoms with Crippen LogP contribution in [0.3, 0.4) is 0 Å². The molecule has 1 aromatic carbocycles. The SMILES string of the molecule is C#CCCC1(CCC(=O)NCC(=O)N2CCCc3ccccc32)N=N1. The van der Waals surface area contributed by atoms with E-state index in [0.29, 0.717) is 32.2 Å². The van der Waals surface area contributed by atoms with Crippen LogP contribution in [0, 0.1) is 12.3 Å². The van der Waals surface area contributed by atoms with Gasteiger partial charge in [-0.1, -0.05) is 18.2 Å². The lowest BCUT2D eigenvalue weighted by Crippen LogP contribution is -2.42. The van der Waals surface area contributed by atoms with Gasteiger partial charge in [0.2, 0.25) is 11.8 Å². The molecule has 2 amide bonds. The highest BCUT2D eigenvalue weighted by molar-refractivity contribution is 5.97. The molecule has 2 aliphatic heterocycles. The third kappa shape index (κ3) is 4.24. The number of hydrogen-bond donors (Lipinski definition) is 1. The number of nitrogens with zero attached hydrogens (tertiary/aromatic N) is 3. The van der Waals surface area contributed by atoms with E-state index in [1.165, 1.54) is 5.56 Å². The van der Waals surface area contributed by atoms with Crippen molar-refractivity contribution in [1.29, 1.82) is 0 Å². The van der Waals surface area contributed by atoms with Crippen LogP contribution in [-0.4, -0.2) is 30.6 Å². The molecule has 6 nitrogen and oxygen atoms in total. The molecule has 0 spiro atoms. The monoisotopic (exact) mass is 338 g/mol. The number of aryl methyl sites for hydroxylation is 1. The second-order valence-corrected chi connectivity index (χ2v) is 6.44. The molecule has 1 aromatic rings. The van der Waals surface area contributed by atoms with Gasteiger partial charge < -0.3 is 10.2 Å². The van der Waals surface area contributed by atoms with Crippen molar-refractivity contribution < 1.29 is 9.59 Å². The number of carbonyl (C=O) groups is 2. The summed E-state index contributed by atoms with van der Waals surface area (Å²) < 4.78 is 0. The molecule has 0 radical (unpaired) electrons. The number of carbonyl (C=O) groups excluding carboxylic acids is 2. The van der Waals surface area contributed by atoms with Crippen LogP contribution in [0.5, 0.6) is 0 Å². The fraction of sp³-hybridized carbons (Fsp3) is 0.474. The summed E-state index contributed by atoms with van der Waals surface area (Å²) in [6.45, 7) is 0.706. The van der Waals surface area contributed by atoms with E-state index in [4.69, 9.17) is 6.42 Å². The first-order valence-corrected chi connectivity index (χ1v) is 8.66. The maximum absolute atomic E-state index is 12.5. The molecule has 1 N–H and O–H groups in total. The maximum atomic E-state index is 12.5. The Kier molecular flexibility index (Phi) is 5.13. The molecular weight excluding hydrogens is 316 g/mol. The standard InChI is InChI=1S/C19H22N4O2/c1-2-3-11-19(21-22-19)12-10-17(24)20-14-18(25)23-13-6-8-15-7-4-5-9-16(15)23/h1,4-5,7,9H,3,6,8,10-14H2,(H,20,24). The first-order valence-electron chi connectivity index (χ1n) is 8.66. The summed E-state index contributed by atoms with van der Waals surface area (Å²) in [7, 11) is 0. The number of anilines is 1. The molecule has 25 heavy (non-hydrogen) atoms. The summed E-state index contributed by atoms with van der Waals surface area (Å²) in [4.78, 5) is 26.3. The van der Waals surface area contributed by atoms with Crippen molar-refractivity contribution in [3.05, 3.63) is 29.8 Å². The minimum atomic E-state index is -0.459. The van der Waals surface area contributed by atoms with Crippen molar-refractivity contribution in [1.82, 2.24) is 5.32 Å². The Morgan fingerprint density at radius 1 is 1.28 bits per heavy atom. The van der Waals surface area contributed by atoms with E-state index < -0.39 is 5.66 Å². The van der Waals surface area contributed by atoms with Crippen molar-refractivity contribution in [2.24, 2.45) is 10.2 Å². The zero-order valence-electron chi connectivity index (χ0n) is 14.2. The smallest absolute Gasteiger partial charge is 0.246 e. The lowest BCUT2D eigenvalue weighted by Gasteiger charge is -2.29. The second-order valence-electron chi connectivity index (χ2n) is 6.44. The second kappa shape index (κ2) is 7.47. The molecule has 0 saturated carbocycles. The van der Waals surface area contributed by atoms with Gasteiger partial charge in [-0.3, -0.25) is 9.59 Å². The van der Waals surface area contributed by atoms with Gasteiger partial charge in [0.1, 0.15) is 0 Å². The zero-order chi connectivity index (χ0) is 17.7. The highest BCUT2D eigenvalue weighted by atomic mass is 16.2. The van der Waals surface area contributed by atoms with Gasteiger partial charge in [0.05, 0.1) is 6.54 Å². The Morgan fingerprint density at radius 3 is 2.84 bits per heavy atom. The van der Waals surface area contributed by atoms with Crippen LogP contribution in [0.15, 0.2) is 34.5 Å². The van der Waals surface area contributed by atoms with E-state index in [2.05, 4.69) is 21.5 Å². The van der Waals surface area contributed by atoms with Crippen molar-refractivity contribution >= 4 is 17.5 Å². The summed E-state index contributed by atoms with van der Waals surface area (Å²) in [6.07, 6.45) is 9.29. The maximum Gasteiger partial charge on any atom is 0.246 e. The molecular formula is C19H22N4O2. The number of terminal acetylenes is 1. The number of hydrogen-bond acceptors (Lipinski definition) is 4. The third-order valence-electron chi connectivity index (χ3n) is 4.65. The van der Waals surface area contributed by atoms with Crippen LogP contribution in [-0.2, 0) is 16.0 Å². The first kappa shape index (κ1) is 17.2. The lowest BCUT2D eigenvalue weighted by molar-refractivity contribution is -0.125. The number of rotatable bonds is 7. The van der Waals surface area contributed by atoms with Crippen LogP contribution in [0.1, 0.15) is 37.7 Å². The predicted octanol–water partition coefficient (Wildman–Crippen LogP) is 2.44. The number of amides is 2. The molecule has 0 aromatic heterocycles. The fourth-order valence-electron chi connectivity index (χ4n) is 3.13. The molecule has 0 unspecified atom stereocenters. The largest absolute Gasteiger partial charge is 0.347 e. The Morgan fingerprint density at radius 2 is 2.08 bits per heavy atom. The van der Waals surface area contributed by atoms with E-state index in [0.717, 1.165) is 18.5 Å². The van der Waals surface area contributed by atoms with Crippen molar-refractivity contribution in [2.45, 2.75) is 44.2 Å². The van der Waals surface area contributed by atoms with Crippen molar-refractivity contribution in [2.75, 3.05) is 18.0 Å². The molecule has 2 aliphatic rings. The average molecular weight is 338 g/mol. The fourth-order valence-corrected chi connectivity index (χ4v) is 3.13. The van der Waals surface area contributed by atoms with Crippen molar-refractivity contribution in [3.63, 3.8) is 0 Å². The predicted molar refractivity (Wildman–Crippen MR) is 95.0 cm³/mol. The number of benzene rings is 1. The van der Waals surface area contributed by atoms with E-state index in [1.807, 2.05) is 24.3 Å². The normalized spacial score (nSPS) is 16.7. The summed E-state index contributed by atoms with van der Waals surface area (Å²) in [6, 6.07) is 7.92. The Hall–Kier alpha value is -2.68. The molecule has 0 bridgehead atoms.